The van der Waals surface area contributed by atoms with Crippen molar-refractivity contribution < 1.29 is 42.7 Å². The minimum atomic E-state index is -1.35. The topological polar surface area (TPSA) is 156 Å². The zero-order valence-corrected chi connectivity index (χ0v) is 17.7. The van der Waals surface area contributed by atoms with Gasteiger partial charge in [-0.2, -0.15) is 0 Å². The van der Waals surface area contributed by atoms with Gasteiger partial charge in [0, 0.05) is 18.5 Å². The second-order valence-electron chi connectivity index (χ2n) is 7.62. The van der Waals surface area contributed by atoms with E-state index in [4.69, 9.17) is 5.11 Å². The monoisotopic (exact) mass is 481 g/mol. The number of urea groups is 1. The summed E-state index contributed by atoms with van der Waals surface area (Å²) < 4.78 is 26.6. The zero-order valence-electron chi connectivity index (χ0n) is 17.7. The van der Waals surface area contributed by atoms with Crippen LogP contribution in [0.25, 0.3) is 0 Å². The third-order valence-electron chi connectivity index (χ3n) is 5.27. The summed E-state index contributed by atoms with van der Waals surface area (Å²) in [6.45, 7) is -0.143. The number of rotatable bonds is 7. The normalized spacial score (nSPS) is 19.1. The van der Waals surface area contributed by atoms with Crippen molar-refractivity contribution in [1.82, 2.24) is 25.8 Å². The number of fused-ring (bicyclic) bond motifs is 1. The van der Waals surface area contributed by atoms with E-state index in [9.17, 15) is 37.5 Å². The standard InChI is InChI=1S/C20H21F2N5O7/c21-13-4-3-11(8-14(13)22)18(32)24-25-7-5-16(29)26-6-1-2-15(27(26)20(25)34)19(33)23-12(10-28)9-17(30)31/h3-4,8,10,12,15H,1-2,5-7,9H2,(H,23,33)(H,24,32)(H,30,31). The summed E-state index contributed by atoms with van der Waals surface area (Å²) in [7, 11) is 0. The second kappa shape index (κ2) is 10.2. The minimum Gasteiger partial charge on any atom is -0.481 e. The number of amides is 5. The molecule has 3 rings (SSSR count). The summed E-state index contributed by atoms with van der Waals surface area (Å²) in [5.41, 5.74) is 1.95. The SMILES string of the molecule is O=CC(CC(=O)O)NC(=O)C1CCCN2C(=O)CCN(NC(=O)c3ccc(F)c(F)c3)C(=O)N12. The molecule has 2 heterocycles. The van der Waals surface area contributed by atoms with Crippen LogP contribution in [0.3, 0.4) is 0 Å². The first-order valence-electron chi connectivity index (χ1n) is 10.3. The van der Waals surface area contributed by atoms with Crippen molar-refractivity contribution in [2.24, 2.45) is 0 Å². The minimum absolute atomic E-state index is 0.102. The number of carbonyl (C=O) groups is 6. The highest BCUT2D eigenvalue weighted by Crippen LogP contribution is 2.24. The molecule has 0 spiro atoms. The molecule has 2 fully saturated rings. The lowest BCUT2D eigenvalue weighted by Crippen LogP contribution is -2.64. The highest BCUT2D eigenvalue weighted by molar-refractivity contribution is 5.97. The number of nitrogens with zero attached hydrogens (tertiary/aromatic N) is 3. The summed E-state index contributed by atoms with van der Waals surface area (Å²) in [6, 6.07) is -1.16. The van der Waals surface area contributed by atoms with E-state index >= 15 is 0 Å². The fraction of sp³-hybridized carbons (Fsp3) is 0.400. The Bertz CT molecular complexity index is 1040. The lowest BCUT2D eigenvalue weighted by molar-refractivity contribution is -0.155. The predicted molar refractivity (Wildman–Crippen MR) is 107 cm³/mol. The van der Waals surface area contributed by atoms with Crippen LogP contribution < -0.4 is 10.7 Å². The first-order chi connectivity index (χ1) is 16.1. The number of carbonyl (C=O) groups excluding carboxylic acids is 5. The first-order valence-corrected chi connectivity index (χ1v) is 10.3. The Kier molecular flexibility index (Phi) is 7.38. The Morgan fingerprint density at radius 2 is 1.91 bits per heavy atom. The number of nitrogens with one attached hydrogen (secondary N) is 2. The number of hydrazine groups is 2. The second-order valence-corrected chi connectivity index (χ2v) is 7.62. The quantitative estimate of drug-likeness (QED) is 0.456. The Hall–Kier alpha value is -4.10. The van der Waals surface area contributed by atoms with Gasteiger partial charge in [0.2, 0.25) is 11.8 Å². The van der Waals surface area contributed by atoms with E-state index < -0.39 is 59.9 Å². The van der Waals surface area contributed by atoms with Crippen LogP contribution in [0.5, 0.6) is 0 Å². The maximum atomic E-state index is 13.5. The van der Waals surface area contributed by atoms with Gasteiger partial charge in [0.25, 0.3) is 5.91 Å². The van der Waals surface area contributed by atoms with Crippen molar-refractivity contribution in [2.75, 3.05) is 13.1 Å². The summed E-state index contributed by atoms with van der Waals surface area (Å²) in [5.74, 6) is -6.06. The van der Waals surface area contributed by atoms with Crippen LogP contribution in [0.2, 0.25) is 0 Å². The number of halogens is 2. The smallest absolute Gasteiger partial charge is 0.358 e. The molecule has 2 saturated heterocycles. The molecule has 1 aromatic carbocycles. The average molecular weight is 481 g/mol. The molecule has 2 unspecified atom stereocenters. The molecule has 0 aromatic heterocycles. The van der Waals surface area contributed by atoms with Gasteiger partial charge in [-0.1, -0.05) is 0 Å². The maximum Gasteiger partial charge on any atom is 0.358 e. The van der Waals surface area contributed by atoms with E-state index in [0.717, 1.165) is 27.2 Å². The molecule has 0 aliphatic carbocycles. The number of carboxylic acid groups (broad SMARTS) is 1. The molecule has 34 heavy (non-hydrogen) atoms. The molecule has 2 aliphatic heterocycles. The lowest BCUT2D eigenvalue weighted by Gasteiger charge is -2.42. The van der Waals surface area contributed by atoms with Gasteiger partial charge in [-0.05, 0) is 31.0 Å². The van der Waals surface area contributed by atoms with Gasteiger partial charge in [-0.15, -0.1) is 0 Å². The van der Waals surface area contributed by atoms with Crippen LogP contribution in [-0.4, -0.2) is 81.3 Å². The lowest BCUT2D eigenvalue weighted by atomic mass is 10.1. The van der Waals surface area contributed by atoms with E-state index in [-0.39, 0.29) is 37.8 Å². The third kappa shape index (κ3) is 5.27. The van der Waals surface area contributed by atoms with Gasteiger partial charge in [0.1, 0.15) is 12.3 Å². The Labute approximate surface area is 191 Å². The van der Waals surface area contributed by atoms with E-state index in [1.54, 1.807) is 0 Å². The van der Waals surface area contributed by atoms with Crippen molar-refractivity contribution in [3.8, 4) is 0 Å². The van der Waals surface area contributed by atoms with Crippen molar-refractivity contribution in [1.29, 1.82) is 0 Å². The van der Waals surface area contributed by atoms with Crippen molar-refractivity contribution >= 4 is 36.0 Å². The van der Waals surface area contributed by atoms with Crippen molar-refractivity contribution in [3.05, 3.63) is 35.4 Å². The highest BCUT2D eigenvalue weighted by atomic mass is 19.2. The molecule has 0 radical (unpaired) electrons. The number of aliphatic carboxylic acids is 1. The Balaban J connectivity index is 1.82. The molecular formula is C20H21F2N5O7. The molecule has 2 atom stereocenters. The third-order valence-corrected chi connectivity index (χ3v) is 5.27. The fourth-order valence-electron chi connectivity index (χ4n) is 3.64. The molecule has 1 aromatic rings. The maximum absolute atomic E-state index is 13.5. The molecule has 0 bridgehead atoms. The molecule has 12 nitrogen and oxygen atoms in total. The van der Waals surface area contributed by atoms with Gasteiger partial charge in [0.15, 0.2) is 11.6 Å². The number of hydrogen-bond acceptors (Lipinski definition) is 6. The van der Waals surface area contributed by atoms with Gasteiger partial charge in [-0.25, -0.2) is 28.6 Å². The molecule has 5 amide bonds. The summed E-state index contributed by atoms with van der Waals surface area (Å²) in [4.78, 5) is 73.2. The van der Waals surface area contributed by atoms with Gasteiger partial charge >= 0.3 is 12.0 Å². The summed E-state index contributed by atoms with van der Waals surface area (Å²) in [6.07, 6.45) is -0.180. The van der Waals surface area contributed by atoms with E-state index in [1.165, 1.54) is 0 Å². The molecular weight excluding hydrogens is 460 g/mol. The molecule has 182 valence electrons. The van der Waals surface area contributed by atoms with E-state index in [2.05, 4.69) is 10.7 Å². The number of hydrogen-bond donors (Lipinski definition) is 3. The molecule has 2 aliphatic rings. The summed E-state index contributed by atoms with van der Waals surface area (Å²) in [5, 5.41) is 13.8. The molecule has 0 saturated carbocycles. The summed E-state index contributed by atoms with van der Waals surface area (Å²) >= 11 is 0. The van der Waals surface area contributed by atoms with Crippen LogP contribution in [0.4, 0.5) is 13.6 Å². The molecule has 3 N–H and O–H groups in total. The Morgan fingerprint density at radius 3 is 2.56 bits per heavy atom. The number of carboxylic acids is 1. The zero-order chi connectivity index (χ0) is 25.0. The number of benzene rings is 1. The average Bonchev–Trinajstić information content (AvgIpc) is 2.92. The van der Waals surface area contributed by atoms with Crippen molar-refractivity contribution in [2.45, 2.75) is 37.8 Å². The van der Waals surface area contributed by atoms with E-state index in [0.29, 0.717) is 12.5 Å². The van der Waals surface area contributed by atoms with Crippen LogP contribution >= 0.6 is 0 Å². The predicted octanol–water partition coefficient (Wildman–Crippen LogP) is -0.198. The van der Waals surface area contributed by atoms with E-state index in [1.807, 2.05) is 0 Å². The largest absolute Gasteiger partial charge is 0.481 e. The fourth-order valence-corrected chi connectivity index (χ4v) is 3.64. The first kappa shape index (κ1) is 24.5. The van der Waals surface area contributed by atoms with Crippen molar-refractivity contribution in [3.63, 3.8) is 0 Å². The van der Waals surface area contributed by atoms with Gasteiger partial charge in [-0.3, -0.25) is 24.6 Å². The van der Waals surface area contributed by atoms with Crippen LogP contribution in [0, 0.1) is 11.6 Å². The van der Waals surface area contributed by atoms with Crippen LogP contribution in [0.1, 0.15) is 36.0 Å². The van der Waals surface area contributed by atoms with Gasteiger partial charge in [0.05, 0.1) is 19.0 Å². The number of aldehydes is 1. The highest BCUT2D eigenvalue weighted by Gasteiger charge is 2.44. The molecule has 14 heteroatoms. The van der Waals surface area contributed by atoms with Crippen LogP contribution in [-0.2, 0) is 19.2 Å². The van der Waals surface area contributed by atoms with Gasteiger partial charge < -0.3 is 15.2 Å². The Morgan fingerprint density at radius 1 is 1.18 bits per heavy atom. The van der Waals surface area contributed by atoms with Crippen LogP contribution in [0.15, 0.2) is 18.2 Å².